The molecule has 0 radical (unpaired) electrons. The van der Waals surface area contributed by atoms with Crippen LogP contribution in [0.5, 0.6) is 11.5 Å². The van der Waals surface area contributed by atoms with E-state index >= 15 is 0 Å². The number of hydrogen-bond acceptors (Lipinski definition) is 6. The van der Waals surface area contributed by atoms with Crippen LogP contribution in [0.1, 0.15) is 17.5 Å². The van der Waals surface area contributed by atoms with E-state index in [0.717, 1.165) is 11.1 Å². The lowest BCUT2D eigenvalue weighted by molar-refractivity contribution is -0.134. The van der Waals surface area contributed by atoms with Gasteiger partial charge in [0.25, 0.3) is 0 Å². The maximum absolute atomic E-state index is 13.2. The summed E-state index contributed by atoms with van der Waals surface area (Å²) in [5.41, 5.74) is 1.83. The summed E-state index contributed by atoms with van der Waals surface area (Å²) in [5, 5.41) is 0. The zero-order chi connectivity index (χ0) is 22.7. The van der Waals surface area contributed by atoms with Crippen LogP contribution in [-0.4, -0.2) is 61.1 Å². The molecule has 2 aliphatic heterocycles. The number of methoxy groups -OCH3 is 2. The Hall–Kier alpha value is -3.55. The molecule has 0 bridgehead atoms. The molecule has 2 fully saturated rings. The van der Waals surface area contributed by atoms with E-state index in [4.69, 9.17) is 14.2 Å². The molecule has 2 heterocycles. The van der Waals surface area contributed by atoms with E-state index in [1.54, 1.807) is 31.3 Å². The van der Waals surface area contributed by atoms with E-state index in [0.29, 0.717) is 24.5 Å². The van der Waals surface area contributed by atoms with E-state index in [-0.39, 0.29) is 37.4 Å². The molecule has 0 aromatic heterocycles. The third kappa shape index (κ3) is 4.39. The number of likely N-dealkylation sites (tertiary alicyclic amines) is 1. The molecule has 168 valence electrons. The minimum atomic E-state index is -0.640. The van der Waals surface area contributed by atoms with E-state index in [1.807, 2.05) is 36.4 Å². The molecular formula is C24H26N2O6. The Balaban J connectivity index is 1.45. The second-order valence-electron chi connectivity index (χ2n) is 7.98. The topological polar surface area (TPSA) is 85.4 Å². The lowest BCUT2D eigenvalue weighted by atomic mass is 10.0. The molecule has 2 saturated heterocycles. The molecular weight excluding hydrogens is 412 g/mol. The van der Waals surface area contributed by atoms with Crippen LogP contribution in [0, 0.1) is 5.92 Å². The summed E-state index contributed by atoms with van der Waals surface area (Å²) in [7, 11) is 3.13. The summed E-state index contributed by atoms with van der Waals surface area (Å²) in [5.74, 6) is 0.191. The highest BCUT2D eigenvalue weighted by Crippen LogP contribution is 2.30. The first kappa shape index (κ1) is 21.7. The summed E-state index contributed by atoms with van der Waals surface area (Å²) < 4.78 is 15.8. The number of carbonyl (C=O) groups excluding carboxylic acids is 3. The molecule has 4 rings (SSSR count). The molecule has 0 spiro atoms. The molecule has 2 aromatic carbocycles. The lowest BCUT2D eigenvalue weighted by Crippen LogP contribution is -2.44. The van der Waals surface area contributed by atoms with Gasteiger partial charge in [0, 0.05) is 31.1 Å². The molecule has 2 atom stereocenters. The van der Waals surface area contributed by atoms with Gasteiger partial charge in [-0.05, 0) is 24.1 Å². The van der Waals surface area contributed by atoms with E-state index in [2.05, 4.69) is 0 Å². The Labute approximate surface area is 186 Å². The fourth-order valence-electron chi connectivity index (χ4n) is 4.24. The average Bonchev–Trinajstić information content (AvgIpc) is 3.36. The van der Waals surface area contributed by atoms with Gasteiger partial charge in [0.15, 0.2) is 0 Å². The Morgan fingerprint density at radius 2 is 1.88 bits per heavy atom. The van der Waals surface area contributed by atoms with E-state index < -0.39 is 12.0 Å². The van der Waals surface area contributed by atoms with Gasteiger partial charge < -0.3 is 19.1 Å². The van der Waals surface area contributed by atoms with Gasteiger partial charge in [0.1, 0.15) is 18.1 Å². The molecule has 2 aliphatic rings. The maximum atomic E-state index is 13.2. The lowest BCUT2D eigenvalue weighted by Gasteiger charge is -2.23. The van der Waals surface area contributed by atoms with Crippen molar-refractivity contribution >= 4 is 17.9 Å². The van der Waals surface area contributed by atoms with Crippen LogP contribution in [0.25, 0.3) is 0 Å². The fourth-order valence-corrected chi connectivity index (χ4v) is 4.24. The average molecular weight is 438 g/mol. The molecule has 32 heavy (non-hydrogen) atoms. The molecule has 0 N–H and O–H groups in total. The van der Waals surface area contributed by atoms with E-state index in [1.165, 1.54) is 4.90 Å². The van der Waals surface area contributed by atoms with Crippen molar-refractivity contribution in [1.29, 1.82) is 0 Å². The number of ether oxygens (including phenoxy) is 3. The van der Waals surface area contributed by atoms with Crippen molar-refractivity contribution in [2.75, 3.05) is 27.4 Å². The molecule has 0 saturated carbocycles. The first-order chi connectivity index (χ1) is 15.5. The zero-order valence-electron chi connectivity index (χ0n) is 18.2. The SMILES string of the molecule is COc1ccc(CN2C[C@@H](C(=O)N3C(=O)OC[C@@H]3Cc3ccccc3)CC2=O)c(OC)c1. The molecule has 8 heteroatoms. The van der Waals surface area contributed by atoms with Gasteiger partial charge in [-0.3, -0.25) is 9.59 Å². The van der Waals surface area contributed by atoms with Crippen molar-refractivity contribution in [1.82, 2.24) is 9.80 Å². The third-order valence-electron chi connectivity index (χ3n) is 5.93. The number of hydrogen-bond donors (Lipinski definition) is 0. The van der Waals surface area contributed by atoms with Crippen LogP contribution < -0.4 is 9.47 Å². The smallest absolute Gasteiger partial charge is 0.416 e. The largest absolute Gasteiger partial charge is 0.497 e. The van der Waals surface area contributed by atoms with Crippen LogP contribution in [-0.2, 0) is 27.3 Å². The Kier molecular flexibility index (Phi) is 6.30. The molecule has 0 unspecified atom stereocenters. The number of imide groups is 1. The molecule has 8 nitrogen and oxygen atoms in total. The quantitative estimate of drug-likeness (QED) is 0.661. The van der Waals surface area contributed by atoms with Gasteiger partial charge in [-0.1, -0.05) is 30.3 Å². The number of cyclic esters (lactones) is 1. The molecule has 3 amide bonds. The van der Waals surface area contributed by atoms with Crippen molar-refractivity contribution in [3.8, 4) is 11.5 Å². The monoisotopic (exact) mass is 438 g/mol. The summed E-state index contributed by atoms with van der Waals surface area (Å²) >= 11 is 0. The van der Waals surface area contributed by atoms with Gasteiger partial charge in [-0.25, -0.2) is 9.69 Å². The Bertz CT molecular complexity index is 1010. The van der Waals surface area contributed by atoms with Crippen molar-refractivity contribution in [2.24, 2.45) is 5.92 Å². The summed E-state index contributed by atoms with van der Waals surface area (Å²) in [4.78, 5) is 41.0. The van der Waals surface area contributed by atoms with Crippen LogP contribution in [0.3, 0.4) is 0 Å². The van der Waals surface area contributed by atoms with E-state index in [9.17, 15) is 14.4 Å². The molecule has 2 aromatic rings. The number of amides is 3. The van der Waals surface area contributed by atoms with Gasteiger partial charge in [0.2, 0.25) is 11.8 Å². The Morgan fingerprint density at radius 3 is 2.59 bits per heavy atom. The first-order valence-electron chi connectivity index (χ1n) is 10.5. The zero-order valence-corrected chi connectivity index (χ0v) is 18.2. The van der Waals surface area contributed by atoms with Crippen LogP contribution in [0.4, 0.5) is 4.79 Å². The molecule has 0 aliphatic carbocycles. The Morgan fingerprint density at radius 1 is 1.09 bits per heavy atom. The summed E-state index contributed by atoms with van der Waals surface area (Å²) in [6.07, 6.45) is -0.0520. The minimum absolute atomic E-state index is 0.0686. The standard InChI is InChI=1S/C24H26N2O6/c1-30-20-9-8-17(21(12-20)31-2)13-25-14-18(11-22(25)27)23(28)26-19(15-32-24(26)29)10-16-6-4-3-5-7-16/h3-9,12,18-19H,10-11,13-15H2,1-2H3/t18-,19-/m0/s1. The normalized spacial score (nSPS) is 20.4. The fraction of sp³-hybridized carbons (Fsp3) is 0.375. The van der Waals surface area contributed by atoms with Crippen LogP contribution >= 0.6 is 0 Å². The predicted molar refractivity (Wildman–Crippen MR) is 115 cm³/mol. The maximum Gasteiger partial charge on any atom is 0.416 e. The second-order valence-corrected chi connectivity index (χ2v) is 7.98. The van der Waals surface area contributed by atoms with Crippen molar-refractivity contribution < 1.29 is 28.6 Å². The number of carbonyl (C=O) groups is 3. The van der Waals surface area contributed by atoms with Gasteiger partial charge in [-0.15, -0.1) is 0 Å². The number of nitrogens with zero attached hydrogens (tertiary/aromatic N) is 2. The summed E-state index contributed by atoms with van der Waals surface area (Å²) in [6.45, 7) is 0.718. The van der Waals surface area contributed by atoms with Crippen molar-refractivity contribution in [3.63, 3.8) is 0 Å². The second kappa shape index (κ2) is 9.30. The van der Waals surface area contributed by atoms with Crippen molar-refractivity contribution in [3.05, 3.63) is 59.7 Å². The van der Waals surface area contributed by atoms with Crippen molar-refractivity contribution in [2.45, 2.75) is 25.4 Å². The van der Waals surface area contributed by atoms with Gasteiger partial charge in [0.05, 0.1) is 26.2 Å². The highest BCUT2D eigenvalue weighted by Gasteiger charge is 2.44. The minimum Gasteiger partial charge on any atom is -0.497 e. The highest BCUT2D eigenvalue weighted by molar-refractivity contribution is 5.98. The van der Waals surface area contributed by atoms with Gasteiger partial charge in [-0.2, -0.15) is 0 Å². The third-order valence-corrected chi connectivity index (χ3v) is 5.93. The predicted octanol–water partition coefficient (Wildman–Crippen LogP) is 2.64. The van der Waals surface area contributed by atoms with Crippen LogP contribution in [0.2, 0.25) is 0 Å². The summed E-state index contributed by atoms with van der Waals surface area (Å²) in [6, 6.07) is 14.7. The van der Waals surface area contributed by atoms with Gasteiger partial charge >= 0.3 is 6.09 Å². The highest BCUT2D eigenvalue weighted by atomic mass is 16.6. The number of rotatable bonds is 7. The first-order valence-corrected chi connectivity index (χ1v) is 10.5. The van der Waals surface area contributed by atoms with Crippen LogP contribution in [0.15, 0.2) is 48.5 Å². The number of benzene rings is 2.